The zero-order chi connectivity index (χ0) is 21.3. The van der Waals surface area contributed by atoms with E-state index in [1.807, 2.05) is 0 Å². The largest absolute Gasteiger partial charge is 0.487 e. The van der Waals surface area contributed by atoms with Crippen LogP contribution in [-0.4, -0.2) is 53.7 Å². The van der Waals surface area contributed by atoms with Gasteiger partial charge in [0.2, 0.25) is 0 Å². The van der Waals surface area contributed by atoms with Crippen LogP contribution < -0.4 is 15.0 Å². The van der Waals surface area contributed by atoms with Gasteiger partial charge in [0.25, 0.3) is 0 Å². The summed E-state index contributed by atoms with van der Waals surface area (Å²) < 4.78 is 19.9. The maximum atomic E-state index is 14.0. The zero-order valence-corrected chi connectivity index (χ0v) is 18.5. The minimum absolute atomic E-state index is 0.0463. The SMILES string of the molecule is CC(C)Nc1nc2c(nc1N1CCC(Oc3cc(Cl)ccc3F)CC1)CCN(C)C2. The van der Waals surface area contributed by atoms with Crippen molar-refractivity contribution in [1.29, 1.82) is 0 Å². The number of aromatic nitrogens is 2. The van der Waals surface area contributed by atoms with Crippen LogP contribution in [0.5, 0.6) is 5.75 Å². The van der Waals surface area contributed by atoms with Gasteiger partial charge in [0.1, 0.15) is 6.10 Å². The molecule has 1 aromatic heterocycles. The molecule has 0 amide bonds. The van der Waals surface area contributed by atoms with E-state index in [4.69, 9.17) is 26.3 Å². The van der Waals surface area contributed by atoms with E-state index in [0.717, 1.165) is 68.5 Å². The molecule has 0 unspecified atom stereocenters. The number of likely N-dealkylation sites (N-methyl/N-ethyl adjacent to an activating group) is 1. The summed E-state index contributed by atoms with van der Waals surface area (Å²) >= 11 is 5.98. The van der Waals surface area contributed by atoms with Crippen LogP contribution in [0, 0.1) is 5.82 Å². The maximum absolute atomic E-state index is 14.0. The van der Waals surface area contributed by atoms with Gasteiger partial charge >= 0.3 is 0 Å². The Hall–Kier alpha value is -2.12. The predicted octanol–water partition coefficient (Wildman–Crippen LogP) is 4.13. The molecule has 162 valence electrons. The number of fused-ring (bicyclic) bond motifs is 1. The number of benzene rings is 1. The van der Waals surface area contributed by atoms with Gasteiger partial charge < -0.3 is 19.9 Å². The molecular weight excluding hydrogens is 405 g/mol. The zero-order valence-electron chi connectivity index (χ0n) is 17.8. The van der Waals surface area contributed by atoms with Crippen molar-refractivity contribution in [3.8, 4) is 5.75 Å². The summed E-state index contributed by atoms with van der Waals surface area (Å²) in [7, 11) is 2.11. The fraction of sp³-hybridized carbons (Fsp3) is 0.545. The van der Waals surface area contributed by atoms with Crippen molar-refractivity contribution in [1.82, 2.24) is 14.9 Å². The first-order valence-corrected chi connectivity index (χ1v) is 11.0. The number of hydrogen-bond donors (Lipinski definition) is 1. The molecule has 0 aliphatic carbocycles. The van der Waals surface area contributed by atoms with Gasteiger partial charge in [-0.25, -0.2) is 14.4 Å². The summed E-state index contributed by atoms with van der Waals surface area (Å²) in [4.78, 5) is 14.5. The predicted molar refractivity (Wildman–Crippen MR) is 118 cm³/mol. The number of piperidine rings is 1. The Morgan fingerprint density at radius 2 is 1.93 bits per heavy atom. The van der Waals surface area contributed by atoms with Crippen molar-refractivity contribution >= 4 is 23.2 Å². The van der Waals surface area contributed by atoms with Gasteiger partial charge in [0, 0.05) is 62.6 Å². The molecule has 0 radical (unpaired) electrons. The highest BCUT2D eigenvalue weighted by Gasteiger charge is 2.27. The average Bonchev–Trinajstić information content (AvgIpc) is 2.70. The summed E-state index contributed by atoms with van der Waals surface area (Å²) in [6.45, 7) is 7.61. The molecule has 1 saturated heterocycles. The Morgan fingerprint density at radius 1 is 1.17 bits per heavy atom. The Bertz CT molecular complexity index is 901. The van der Waals surface area contributed by atoms with Crippen LogP contribution >= 0.6 is 11.6 Å². The first kappa shape index (κ1) is 21.1. The smallest absolute Gasteiger partial charge is 0.172 e. The van der Waals surface area contributed by atoms with Crippen molar-refractivity contribution in [2.45, 2.75) is 51.8 Å². The molecule has 6 nitrogen and oxygen atoms in total. The Morgan fingerprint density at radius 3 is 2.67 bits per heavy atom. The van der Waals surface area contributed by atoms with E-state index in [2.05, 4.69) is 36.0 Å². The second kappa shape index (κ2) is 8.94. The van der Waals surface area contributed by atoms with E-state index in [1.165, 1.54) is 12.1 Å². The van der Waals surface area contributed by atoms with Gasteiger partial charge in [-0.15, -0.1) is 0 Å². The van der Waals surface area contributed by atoms with Crippen LogP contribution in [0.4, 0.5) is 16.0 Å². The summed E-state index contributed by atoms with van der Waals surface area (Å²) in [5, 5.41) is 3.95. The van der Waals surface area contributed by atoms with Crippen LogP contribution in [0.25, 0.3) is 0 Å². The minimum atomic E-state index is -0.379. The number of anilines is 2. The summed E-state index contributed by atoms with van der Waals surface area (Å²) in [6, 6.07) is 4.68. The molecule has 2 aliphatic heterocycles. The van der Waals surface area contributed by atoms with E-state index < -0.39 is 0 Å². The highest BCUT2D eigenvalue weighted by Crippen LogP contribution is 2.31. The third-order valence-electron chi connectivity index (χ3n) is 5.54. The Kier molecular flexibility index (Phi) is 6.29. The normalized spacial score (nSPS) is 17.9. The second-order valence-corrected chi connectivity index (χ2v) is 8.89. The number of rotatable bonds is 5. The standard InChI is InChI=1S/C22H29ClFN5O/c1-14(2)25-21-22(27-18-8-9-28(3)13-19(18)26-21)29-10-6-16(7-11-29)30-20-12-15(23)4-5-17(20)24/h4-5,12,14,16H,6-11,13H2,1-3H3,(H,25,26). The van der Waals surface area contributed by atoms with Gasteiger partial charge in [-0.05, 0) is 33.0 Å². The van der Waals surface area contributed by atoms with Crippen molar-refractivity contribution in [2.75, 3.05) is 36.9 Å². The summed E-state index contributed by atoms with van der Waals surface area (Å²) in [6.07, 6.45) is 2.44. The van der Waals surface area contributed by atoms with Gasteiger partial charge in [-0.1, -0.05) is 11.6 Å². The molecule has 1 fully saturated rings. The molecule has 3 heterocycles. The molecular formula is C22H29ClFN5O. The number of nitrogens with zero attached hydrogens (tertiary/aromatic N) is 4. The lowest BCUT2D eigenvalue weighted by Crippen LogP contribution is -2.40. The fourth-order valence-corrected chi connectivity index (χ4v) is 4.14. The first-order chi connectivity index (χ1) is 14.4. The quantitative estimate of drug-likeness (QED) is 0.765. The molecule has 8 heteroatoms. The first-order valence-electron chi connectivity index (χ1n) is 10.6. The van der Waals surface area contributed by atoms with E-state index in [1.54, 1.807) is 6.07 Å². The van der Waals surface area contributed by atoms with E-state index in [0.29, 0.717) is 5.02 Å². The lowest BCUT2D eigenvalue weighted by atomic mass is 10.1. The van der Waals surface area contributed by atoms with E-state index in [-0.39, 0.29) is 23.7 Å². The highest BCUT2D eigenvalue weighted by atomic mass is 35.5. The van der Waals surface area contributed by atoms with Crippen molar-refractivity contribution < 1.29 is 9.13 Å². The molecule has 1 aromatic carbocycles. The van der Waals surface area contributed by atoms with Gasteiger partial charge in [0.15, 0.2) is 23.2 Å². The number of halogens is 2. The van der Waals surface area contributed by atoms with Crippen LogP contribution in [0.1, 0.15) is 38.1 Å². The minimum Gasteiger partial charge on any atom is -0.487 e. The third-order valence-corrected chi connectivity index (χ3v) is 5.77. The van der Waals surface area contributed by atoms with Crippen molar-refractivity contribution in [3.63, 3.8) is 0 Å². The Labute approximate surface area is 182 Å². The van der Waals surface area contributed by atoms with Crippen molar-refractivity contribution in [3.05, 3.63) is 40.4 Å². The number of ether oxygens (including phenoxy) is 1. The number of nitrogens with one attached hydrogen (secondary N) is 1. The molecule has 2 aliphatic rings. The van der Waals surface area contributed by atoms with Crippen LogP contribution in [0.15, 0.2) is 18.2 Å². The topological polar surface area (TPSA) is 53.5 Å². The highest BCUT2D eigenvalue weighted by molar-refractivity contribution is 6.30. The number of hydrogen-bond acceptors (Lipinski definition) is 6. The second-order valence-electron chi connectivity index (χ2n) is 8.46. The Balaban J connectivity index is 1.49. The molecule has 0 bridgehead atoms. The molecule has 0 atom stereocenters. The fourth-order valence-electron chi connectivity index (χ4n) is 3.98. The molecule has 0 saturated carbocycles. The summed E-state index contributed by atoms with van der Waals surface area (Å²) in [5.74, 6) is 1.61. The molecule has 0 spiro atoms. The van der Waals surface area contributed by atoms with Crippen LogP contribution in [0.3, 0.4) is 0 Å². The lowest BCUT2D eigenvalue weighted by molar-refractivity contribution is 0.163. The molecule has 2 aromatic rings. The lowest BCUT2D eigenvalue weighted by Gasteiger charge is -2.35. The van der Waals surface area contributed by atoms with Gasteiger partial charge in [0.05, 0.1) is 11.4 Å². The van der Waals surface area contributed by atoms with Crippen molar-refractivity contribution in [2.24, 2.45) is 0 Å². The van der Waals surface area contributed by atoms with Gasteiger partial charge in [-0.3, -0.25) is 0 Å². The van der Waals surface area contributed by atoms with Crippen LogP contribution in [0.2, 0.25) is 5.02 Å². The monoisotopic (exact) mass is 433 g/mol. The molecule has 4 rings (SSSR count). The van der Waals surface area contributed by atoms with E-state index >= 15 is 0 Å². The van der Waals surface area contributed by atoms with E-state index in [9.17, 15) is 4.39 Å². The third kappa shape index (κ3) is 4.78. The molecule has 30 heavy (non-hydrogen) atoms. The van der Waals surface area contributed by atoms with Gasteiger partial charge in [-0.2, -0.15) is 0 Å². The maximum Gasteiger partial charge on any atom is 0.172 e. The summed E-state index contributed by atoms with van der Waals surface area (Å²) in [5.41, 5.74) is 2.15. The average molecular weight is 434 g/mol. The molecule has 1 N–H and O–H groups in total. The van der Waals surface area contributed by atoms with Crippen LogP contribution in [-0.2, 0) is 13.0 Å².